The zero-order valence-corrected chi connectivity index (χ0v) is 14.5. The summed E-state index contributed by atoms with van der Waals surface area (Å²) in [7, 11) is 0. The zero-order chi connectivity index (χ0) is 17.8. The minimum absolute atomic E-state index is 0.0475. The number of hydrogen-bond acceptors (Lipinski definition) is 5. The molecule has 0 radical (unpaired) electrons. The molecule has 0 N–H and O–H groups in total. The SMILES string of the molecule is CCOC(=O)c1ncoc1-c1ccccc1C(=O)N1CCC(C)CC1. The average molecular weight is 342 g/mol. The molecule has 0 spiro atoms. The molecular formula is C19H22N2O4. The maximum absolute atomic E-state index is 13.0. The van der Waals surface area contributed by atoms with Crippen LogP contribution in [-0.2, 0) is 4.74 Å². The van der Waals surface area contributed by atoms with Crippen molar-refractivity contribution in [2.45, 2.75) is 26.7 Å². The molecule has 1 aromatic heterocycles. The maximum atomic E-state index is 13.0. The predicted molar refractivity (Wildman–Crippen MR) is 92.2 cm³/mol. The van der Waals surface area contributed by atoms with Crippen LogP contribution in [0.15, 0.2) is 35.1 Å². The summed E-state index contributed by atoms with van der Waals surface area (Å²) < 4.78 is 10.5. The molecule has 6 heteroatoms. The number of carbonyl (C=O) groups is 2. The Morgan fingerprint density at radius 1 is 1.28 bits per heavy atom. The van der Waals surface area contributed by atoms with E-state index in [1.54, 1.807) is 19.1 Å². The van der Waals surface area contributed by atoms with Crippen molar-refractivity contribution in [3.8, 4) is 11.3 Å². The Kier molecular flexibility index (Phi) is 5.16. The van der Waals surface area contributed by atoms with E-state index in [-0.39, 0.29) is 24.0 Å². The summed E-state index contributed by atoms with van der Waals surface area (Å²) >= 11 is 0. The monoisotopic (exact) mass is 342 g/mol. The molecule has 6 nitrogen and oxygen atoms in total. The van der Waals surface area contributed by atoms with Crippen LogP contribution in [0.3, 0.4) is 0 Å². The molecule has 1 aromatic carbocycles. The largest absolute Gasteiger partial charge is 0.461 e. The Morgan fingerprint density at radius 3 is 2.72 bits per heavy atom. The van der Waals surface area contributed by atoms with E-state index in [1.807, 2.05) is 17.0 Å². The summed E-state index contributed by atoms with van der Waals surface area (Å²) in [6, 6.07) is 7.14. The standard InChI is InChI=1S/C19H22N2O4/c1-3-24-19(23)16-17(25-12-20-16)14-6-4-5-7-15(14)18(22)21-10-8-13(2)9-11-21/h4-7,12-13H,3,8-11H2,1-2H3. The van der Waals surface area contributed by atoms with E-state index < -0.39 is 5.97 Å². The Labute approximate surface area is 146 Å². The van der Waals surface area contributed by atoms with Crippen molar-refractivity contribution >= 4 is 11.9 Å². The van der Waals surface area contributed by atoms with Crippen molar-refractivity contribution in [1.29, 1.82) is 0 Å². The first-order chi connectivity index (χ1) is 12.1. The molecule has 0 unspecified atom stereocenters. The van der Waals surface area contributed by atoms with Crippen LogP contribution in [0.2, 0.25) is 0 Å². The highest BCUT2D eigenvalue weighted by Gasteiger charge is 2.27. The van der Waals surface area contributed by atoms with E-state index in [9.17, 15) is 9.59 Å². The highest BCUT2D eigenvalue weighted by atomic mass is 16.5. The molecule has 1 aliphatic heterocycles. The topological polar surface area (TPSA) is 72.6 Å². The van der Waals surface area contributed by atoms with Gasteiger partial charge in [0, 0.05) is 18.7 Å². The van der Waals surface area contributed by atoms with Crippen LogP contribution in [0.5, 0.6) is 0 Å². The molecule has 1 aliphatic rings. The number of oxazole rings is 1. The van der Waals surface area contributed by atoms with Crippen LogP contribution in [0.1, 0.15) is 47.5 Å². The van der Waals surface area contributed by atoms with E-state index >= 15 is 0 Å². The van der Waals surface area contributed by atoms with Crippen LogP contribution in [0.4, 0.5) is 0 Å². The molecule has 2 aromatic rings. The highest BCUT2D eigenvalue weighted by Crippen LogP contribution is 2.29. The number of nitrogens with zero attached hydrogens (tertiary/aromatic N) is 2. The predicted octanol–water partition coefficient (Wildman–Crippen LogP) is 3.39. The van der Waals surface area contributed by atoms with Gasteiger partial charge in [-0.25, -0.2) is 9.78 Å². The molecule has 3 rings (SSSR count). The van der Waals surface area contributed by atoms with E-state index in [0.29, 0.717) is 17.0 Å². The first kappa shape index (κ1) is 17.2. The van der Waals surface area contributed by atoms with Gasteiger partial charge < -0.3 is 14.1 Å². The summed E-state index contributed by atoms with van der Waals surface area (Å²) in [5.41, 5.74) is 1.17. The Balaban J connectivity index is 1.93. The lowest BCUT2D eigenvalue weighted by Crippen LogP contribution is -2.38. The Morgan fingerprint density at radius 2 is 2.00 bits per heavy atom. The number of rotatable bonds is 4. The number of benzene rings is 1. The van der Waals surface area contributed by atoms with Gasteiger partial charge in [-0.3, -0.25) is 4.79 Å². The molecule has 1 amide bonds. The number of hydrogen-bond donors (Lipinski definition) is 0. The van der Waals surface area contributed by atoms with E-state index in [2.05, 4.69) is 11.9 Å². The molecule has 2 heterocycles. The van der Waals surface area contributed by atoms with Crippen molar-refractivity contribution in [1.82, 2.24) is 9.88 Å². The third-order valence-corrected chi connectivity index (χ3v) is 4.51. The molecule has 25 heavy (non-hydrogen) atoms. The molecular weight excluding hydrogens is 320 g/mol. The second-order valence-corrected chi connectivity index (χ2v) is 6.27. The van der Waals surface area contributed by atoms with Gasteiger partial charge in [-0.1, -0.05) is 25.1 Å². The number of likely N-dealkylation sites (tertiary alicyclic amines) is 1. The van der Waals surface area contributed by atoms with Crippen molar-refractivity contribution in [2.75, 3.05) is 19.7 Å². The van der Waals surface area contributed by atoms with Crippen LogP contribution in [0.25, 0.3) is 11.3 Å². The van der Waals surface area contributed by atoms with Crippen molar-refractivity contribution < 1.29 is 18.7 Å². The normalized spacial score (nSPS) is 15.2. The number of aromatic nitrogens is 1. The van der Waals surface area contributed by atoms with Gasteiger partial charge >= 0.3 is 5.97 Å². The van der Waals surface area contributed by atoms with Crippen molar-refractivity contribution in [2.24, 2.45) is 5.92 Å². The van der Waals surface area contributed by atoms with Crippen molar-refractivity contribution in [3.63, 3.8) is 0 Å². The minimum Gasteiger partial charge on any atom is -0.461 e. The van der Waals surface area contributed by atoms with Crippen LogP contribution in [0, 0.1) is 5.92 Å². The van der Waals surface area contributed by atoms with E-state index in [4.69, 9.17) is 9.15 Å². The van der Waals surface area contributed by atoms with Gasteiger partial charge in [0.2, 0.25) is 0 Å². The number of carbonyl (C=O) groups excluding carboxylic acids is 2. The first-order valence-electron chi connectivity index (χ1n) is 8.61. The summed E-state index contributed by atoms with van der Waals surface area (Å²) in [6.07, 6.45) is 3.21. The minimum atomic E-state index is -0.555. The number of amides is 1. The molecule has 0 bridgehead atoms. The summed E-state index contributed by atoms with van der Waals surface area (Å²) in [5.74, 6) is 0.311. The number of esters is 1. The Hall–Kier alpha value is -2.63. The van der Waals surface area contributed by atoms with Gasteiger partial charge in [-0.15, -0.1) is 0 Å². The molecule has 132 valence electrons. The van der Waals surface area contributed by atoms with E-state index in [1.165, 1.54) is 6.39 Å². The quantitative estimate of drug-likeness (QED) is 0.796. The summed E-state index contributed by atoms with van der Waals surface area (Å²) in [6.45, 7) is 5.67. The van der Waals surface area contributed by atoms with Gasteiger partial charge in [0.15, 0.2) is 17.8 Å². The van der Waals surface area contributed by atoms with Gasteiger partial charge in [-0.2, -0.15) is 0 Å². The first-order valence-corrected chi connectivity index (χ1v) is 8.61. The third kappa shape index (κ3) is 3.57. The third-order valence-electron chi connectivity index (χ3n) is 4.51. The smallest absolute Gasteiger partial charge is 0.360 e. The molecule has 0 aliphatic carbocycles. The highest BCUT2D eigenvalue weighted by molar-refractivity contribution is 6.03. The van der Waals surface area contributed by atoms with Gasteiger partial charge in [0.25, 0.3) is 5.91 Å². The van der Waals surface area contributed by atoms with Gasteiger partial charge in [-0.05, 0) is 31.7 Å². The van der Waals surface area contributed by atoms with Gasteiger partial charge in [0.05, 0.1) is 12.2 Å². The lowest BCUT2D eigenvalue weighted by Gasteiger charge is -2.30. The maximum Gasteiger partial charge on any atom is 0.360 e. The second kappa shape index (κ2) is 7.51. The fourth-order valence-electron chi connectivity index (χ4n) is 3.03. The summed E-state index contributed by atoms with van der Waals surface area (Å²) in [4.78, 5) is 30.9. The molecule has 0 saturated carbocycles. The average Bonchev–Trinajstić information content (AvgIpc) is 3.12. The van der Waals surface area contributed by atoms with Crippen LogP contribution < -0.4 is 0 Å². The van der Waals surface area contributed by atoms with E-state index in [0.717, 1.165) is 25.9 Å². The number of piperidine rings is 1. The fourth-order valence-corrected chi connectivity index (χ4v) is 3.03. The number of ether oxygens (including phenoxy) is 1. The van der Waals surface area contributed by atoms with Crippen LogP contribution >= 0.6 is 0 Å². The lowest BCUT2D eigenvalue weighted by atomic mass is 9.97. The van der Waals surface area contributed by atoms with Crippen LogP contribution in [-0.4, -0.2) is 41.5 Å². The molecule has 1 fully saturated rings. The second-order valence-electron chi connectivity index (χ2n) is 6.27. The Bertz CT molecular complexity index is 760. The molecule has 0 atom stereocenters. The lowest BCUT2D eigenvalue weighted by molar-refractivity contribution is 0.0520. The summed E-state index contributed by atoms with van der Waals surface area (Å²) in [5, 5.41) is 0. The zero-order valence-electron chi connectivity index (χ0n) is 14.5. The molecule has 1 saturated heterocycles. The van der Waals surface area contributed by atoms with Crippen molar-refractivity contribution in [3.05, 3.63) is 41.9 Å². The van der Waals surface area contributed by atoms with Gasteiger partial charge in [0.1, 0.15) is 0 Å². The fraction of sp³-hybridized carbons (Fsp3) is 0.421.